The monoisotopic (exact) mass is 287 g/mol. The highest BCUT2D eigenvalue weighted by molar-refractivity contribution is 6.17. The molecule has 1 heterocycles. The van der Waals surface area contributed by atoms with Crippen molar-refractivity contribution in [2.24, 2.45) is 0 Å². The molecule has 0 radical (unpaired) electrons. The van der Waals surface area contributed by atoms with E-state index in [1.54, 1.807) is 4.90 Å². The van der Waals surface area contributed by atoms with Crippen molar-refractivity contribution in [2.75, 3.05) is 12.4 Å². The van der Waals surface area contributed by atoms with Gasteiger partial charge in [0.25, 0.3) is 5.91 Å². The molecule has 1 saturated heterocycles. The minimum Gasteiger partial charge on any atom is -0.336 e. The lowest BCUT2D eigenvalue weighted by Crippen LogP contribution is -2.36. The Balaban J connectivity index is 2.16. The number of hydrogen-bond donors (Lipinski definition) is 0. The first-order chi connectivity index (χ1) is 9.15. The molecule has 1 aliphatic heterocycles. The van der Waals surface area contributed by atoms with Crippen LogP contribution in [0, 0.1) is 11.6 Å². The third kappa shape index (κ3) is 3.06. The van der Waals surface area contributed by atoms with E-state index in [0.717, 1.165) is 31.7 Å². The van der Waals surface area contributed by atoms with Crippen LogP contribution < -0.4 is 0 Å². The highest BCUT2D eigenvalue weighted by Crippen LogP contribution is 2.25. The number of nitrogens with zero attached hydrogens (tertiary/aromatic N) is 1. The van der Waals surface area contributed by atoms with Gasteiger partial charge < -0.3 is 4.90 Å². The SMILES string of the molecule is O=C(c1cccc(F)c1F)N1CCCC1CCCCl. The Bertz CT molecular complexity index is 467. The number of carbonyl (C=O) groups excluding carboxylic acids is 1. The molecule has 104 valence electrons. The predicted molar refractivity (Wildman–Crippen MR) is 70.4 cm³/mol. The highest BCUT2D eigenvalue weighted by Gasteiger charge is 2.30. The molecule has 1 unspecified atom stereocenters. The molecule has 1 aromatic rings. The van der Waals surface area contributed by atoms with Gasteiger partial charge in [0.05, 0.1) is 5.56 Å². The zero-order valence-electron chi connectivity index (χ0n) is 10.5. The van der Waals surface area contributed by atoms with Gasteiger partial charge in [-0.3, -0.25) is 4.79 Å². The molecule has 0 aliphatic carbocycles. The summed E-state index contributed by atoms with van der Waals surface area (Å²) in [7, 11) is 0. The summed E-state index contributed by atoms with van der Waals surface area (Å²) < 4.78 is 26.8. The molecule has 2 nitrogen and oxygen atoms in total. The third-order valence-electron chi connectivity index (χ3n) is 3.49. The molecular formula is C14H16ClF2NO. The smallest absolute Gasteiger partial charge is 0.257 e. The molecule has 0 saturated carbocycles. The van der Waals surface area contributed by atoms with E-state index >= 15 is 0 Å². The number of amides is 1. The van der Waals surface area contributed by atoms with Crippen LogP contribution in [-0.2, 0) is 0 Å². The van der Waals surface area contributed by atoms with Crippen LogP contribution in [0.4, 0.5) is 8.78 Å². The lowest BCUT2D eigenvalue weighted by molar-refractivity contribution is 0.0724. The van der Waals surface area contributed by atoms with Gasteiger partial charge in [0.15, 0.2) is 11.6 Å². The van der Waals surface area contributed by atoms with Gasteiger partial charge in [-0.1, -0.05) is 6.07 Å². The van der Waals surface area contributed by atoms with Crippen molar-refractivity contribution in [1.82, 2.24) is 4.90 Å². The molecule has 1 fully saturated rings. The lowest BCUT2D eigenvalue weighted by Gasteiger charge is -2.24. The lowest BCUT2D eigenvalue weighted by atomic mass is 10.1. The fraction of sp³-hybridized carbons (Fsp3) is 0.500. The largest absolute Gasteiger partial charge is 0.336 e. The molecule has 1 aliphatic rings. The number of benzene rings is 1. The molecule has 1 aromatic carbocycles. The van der Waals surface area contributed by atoms with E-state index in [-0.39, 0.29) is 11.6 Å². The fourth-order valence-electron chi connectivity index (χ4n) is 2.54. The second-order valence-corrected chi connectivity index (χ2v) is 5.11. The Morgan fingerprint density at radius 3 is 2.95 bits per heavy atom. The molecule has 2 rings (SSSR count). The van der Waals surface area contributed by atoms with E-state index in [4.69, 9.17) is 11.6 Å². The second-order valence-electron chi connectivity index (χ2n) is 4.73. The Morgan fingerprint density at radius 2 is 2.21 bits per heavy atom. The summed E-state index contributed by atoms with van der Waals surface area (Å²) in [6, 6.07) is 3.79. The van der Waals surface area contributed by atoms with E-state index in [0.29, 0.717) is 12.4 Å². The number of halogens is 3. The summed E-state index contributed by atoms with van der Waals surface area (Å²) >= 11 is 5.66. The summed E-state index contributed by atoms with van der Waals surface area (Å²) in [5.41, 5.74) is -0.183. The summed E-state index contributed by atoms with van der Waals surface area (Å²) in [6.07, 6.45) is 3.43. The topological polar surface area (TPSA) is 20.3 Å². The van der Waals surface area contributed by atoms with Crippen LogP contribution in [-0.4, -0.2) is 29.3 Å². The van der Waals surface area contributed by atoms with Crippen molar-refractivity contribution >= 4 is 17.5 Å². The Labute approximate surface area is 116 Å². The first-order valence-corrected chi connectivity index (χ1v) is 6.99. The molecule has 0 aromatic heterocycles. The number of alkyl halides is 1. The van der Waals surface area contributed by atoms with Gasteiger partial charge in [-0.2, -0.15) is 0 Å². The maximum atomic E-state index is 13.6. The van der Waals surface area contributed by atoms with Crippen molar-refractivity contribution in [3.8, 4) is 0 Å². The van der Waals surface area contributed by atoms with Gasteiger partial charge in [-0.25, -0.2) is 8.78 Å². The Hall–Kier alpha value is -1.16. The minimum atomic E-state index is -1.06. The zero-order valence-corrected chi connectivity index (χ0v) is 11.3. The minimum absolute atomic E-state index is 0.0916. The number of carbonyl (C=O) groups is 1. The summed E-state index contributed by atoms with van der Waals surface area (Å²) in [4.78, 5) is 13.9. The predicted octanol–water partition coefficient (Wildman–Crippen LogP) is 3.59. The number of likely N-dealkylation sites (tertiary alicyclic amines) is 1. The van der Waals surface area contributed by atoms with Crippen LogP contribution in [0.3, 0.4) is 0 Å². The first kappa shape index (κ1) is 14.3. The third-order valence-corrected chi connectivity index (χ3v) is 3.76. The summed E-state index contributed by atoms with van der Waals surface area (Å²) in [5, 5.41) is 0. The van der Waals surface area contributed by atoms with E-state index in [2.05, 4.69) is 0 Å². The number of rotatable bonds is 4. The maximum absolute atomic E-state index is 13.6. The normalized spacial score (nSPS) is 18.9. The molecule has 1 amide bonds. The van der Waals surface area contributed by atoms with E-state index in [1.165, 1.54) is 12.1 Å². The van der Waals surface area contributed by atoms with E-state index < -0.39 is 17.5 Å². The fourth-order valence-corrected chi connectivity index (χ4v) is 2.69. The summed E-state index contributed by atoms with van der Waals surface area (Å²) in [6.45, 7) is 0.599. The van der Waals surface area contributed by atoms with E-state index in [9.17, 15) is 13.6 Å². The van der Waals surface area contributed by atoms with Crippen LogP contribution in [0.5, 0.6) is 0 Å². The quantitative estimate of drug-likeness (QED) is 0.775. The average molecular weight is 288 g/mol. The standard InChI is InChI=1S/C14H16ClF2NO/c15-8-2-4-10-5-3-9-18(10)14(19)11-6-1-7-12(16)13(11)17/h1,6-7,10H,2-5,8-9H2. The Kier molecular flexibility index (Phi) is 4.75. The first-order valence-electron chi connectivity index (χ1n) is 6.46. The van der Waals surface area contributed by atoms with Gasteiger partial charge >= 0.3 is 0 Å². The van der Waals surface area contributed by atoms with Crippen LogP contribution in [0.25, 0.3) is 0 Å². The maximum Gasteiger partial charge on any atom is 0.257 e. The number of hydrogen-bond acceptors (Lipinski definition) is 1. The molecular weight excluding hydrogens is 272 g/mol. The van der Waals surface area contributed by atoms with Crippen molar-refractivity contribution in [2.45, 2.75) is 31.7 Å². The van der Waals surface area contributed by atoms with Gasteiger partial charge in [-0.05, 0) is 37.8 Å². The van der Waals surface area contributed by atoms with Gasteiger partial charge in [0, 0.05) is 18.5 Å². The van der Waals surface area contributed by atoms with Crippen molar-refractivity contribution in [3.05, 3.63) is 35.4 Å². The Morgan fingerprint density at radius 1 is 1.42 bits per heavy atom. The average Bonchev–Trinajstić information content (AvgIpc) is 2.87. The van der Waals surface area contributed by atoms with Gasteiger partial charge in [0.1, 0.15) is 0 Å². The molecule has 0 bridgehead atoms. The van der Waals surface area contributed by atoms with Crippen LogP contribution in [0.15, 0.2) is 18.2 Å². The van der Waals surface area contributed by atoms with Crippen molar-refractivity contribution in [1.29, 1.82) is 0 Å². The molecule has 0 N–H and O–H groups in total. The van der Waals surface area contributed by atoms with Gasteiger partial charge in [0.2, 0.25) is 0 Å². The highest BCUT2D eigenvalue weighted by atomic mass is 35.5. The molecule has 19 heavy (non-hydrogen) atoms. The van der Waals surface area contributed by atoms with Crippen molar-refractivity contribution < 1.29 is 13.6 Å². The van der Waals surface area contributed by atoms with Crippen LogP contribution >= 0.6 is 11.6 Å². The molecule has 0 spiro atoms. The van der Waals surface area contributed by atoms with Crippen LogP contribution in [0.1, 0.15) is 36.0 Å². The van der Waals surface area contributed by atoms with E-state index in [1.807, 2.05) is 0 Å². The summed E-state index contributed by atoms with van der Waals surface area (Å²) in [5.74, 6) is -1.92. The molecule has 5 heteroatoms. The zero-order chi connectivity index (χ0) is 13.8. The second kappa shape index (κ2) is 6.33. The molecule has 1 atom stereocenters. The van der Waals surface area contributed by atoms with Crippen LogP contribution in [0.2, 0.25) is 0 Å². The van der Waals surface area contributed by atoms with Crippen molar-refractivity contribution in [3.63, 3.8) is 0 Å². The van der Waals surface area contributed by atoms with Gasteiger partial charge in [-0.15, -0.1) is 11.6 Å².